The number of rotatable bonds is 1. The molecule has 0 unspecified atom stereocenters. The molecule has 4 aromatic carbocycles. The van der Waals surface area contributed by atoms with Gasteiger partial charge in [0.05, 0.1) is 0 Å². The van der Waals surface area contributed by atoms with Crippen LogP contribution >= 0.6 is 0 Å². The fraction of sp³-hybridized carbons (Fsp3) is 0.200. The van der Waals surface area contributed by atoms with E-state index in [2.05, 4.69) is 73.7 Å². The lowest BCUT2D eigenvalue weighted by atomic mass is 9.84. The third kappa shape index (κ3) is 2.36. The normalized spacial score (nSPS) is 14.0. The molecular weight excluding hydrogens is 300 g/mol. The quantitative estimate of drug-likeness (QED) is 0.336. The molecule has 5 rings (SSSR count). The lowest BCUT2D eigenvalue weighted by Crippen LogP contribution is -2.03. The Morgan fingerprint density at radius 2 is 1.36 bits per heavy atom. The first-order valence-electron chi connectivity index (χ1n) is 9.34. The van der Waals surface area contributed by atoms with Crippen LogP contribution in [0.4, 0.5) is 0 Å². The molecule has 0 heterocycles. The summed E-state index contributed by atoms with van der Waals surface area (Å²) in [5.74, 6) is 0. The highest BCUT2D eigenvalue weighted by Gasteiger charge is 2.15. The van der Waals surface area contributed by atoms with E-state index >= 15 is 0 Å². The van der Waals surface area contributed by atoms with E-state index in [4.69, 9.17) is 0 Å². The van der Waals surface area contributed by atoms with Crippen LogP contribution in [0.5, 0.6) is 0 Å². The molecule has 0 saturated heterocycles. The van der Waals surface area contributed by atoms with Crippen LogP contribution in [-0.4, -0.2) is 0 Å². The molecule has 0 heteroatoms. The van der Waals surface area contributed by atoms with Crippen molar-refractivity contribution in [3.63, 3.8) is 0 Å². The van der Waals surface area contributed by atoms with Gasteiger partial charge in [0.25, 0.3) is 0 Å². The van der Waals surface area contributed by atoms with Crippen molar-refractivity contribution in [3.8, 4) is 11.1 Å². The smallest absolute Gasteiger partial charge is 0.00989 e. The van der Waals surface area contributed by atoms with Gasteiger partial charge in [-0.1, -0.05) is 66.2 Å². The van der Waals surface area contributed by atoms with Crippen LogP contribution in [0.2, 0.25) is 0 Å². The Kier molecular flexibility index (Phi) is 3.38. The predicted octanol–water partition coefficient (Wildman–Crippen LogP) is 6.85. The average molecular weight is 322 g/mol. The van der Waals surface area contributed by atoms with Crippen molar-refractivity contribution in [1.29, 1.82) is 0 Å². The minimum atomic E-state index is 1.22. The van der Waals surface area contributed by atoms with Gasteiger partial charge in [-0.15, -0.1) is 0 Å². The maximum absolute atomic E-state index is 2.45. The van der Waals surface area contributed by atoms with Crippen LogP contribution in [0, 0.1) is 6.92 Å². The summed E-state index contributed by atoms with van der Waals surface area (Å²) in [5, 5.41) is 5.61. The molecule has 0 amide bonds. The fourth-order valence-electron chi connectivity index (χ4n) is 4.40. The molecule has 1 aliphatic carbocycles. The Labute approximate surface area is 149 Å². The molecule has 0 nitrogen and oxygen atoms in total. The van der Waals surface area contributed by atoms with Crippen LogP contribution in [-0.2, 0) is 12.8 Å². The number of aryl methyl sites for hydroxylation is 3. The topological polar surface area (TPSA) is 0 Å². The van der Waals surface area contributed by atoms with Gasteiger partial charge in [-0.2, -0.15) is 0 Å². The van der Waals surface area contributed by atoms with Gasteiger partial charge in [0.15, 0.2) is 0 Å². The van der Waals surface area contributed by atoms with Crippen LogP contribution in [0.15, 0.2) is 66.7 Å². The van der Waals surface area contributed by atoms with E-state index in [0.717, 1.165) is 0 Å². The largest absolute Gasteiger partial charge is 0.0616 e. The molecule has 0 bridgehead atoms. The van der Waals surface area contributed by atoms with Crippen LogP contribution in [0.25, 0.3) is 32.7 Å². The number of hydrogen-bond acceptors (Lipinski definition) is 0. The second kappa shape index (κ2) is 5.74. The molecule has 0 aromatic heterocycles. The Morgan fingerprint density at radius 3 is 2.20 bits per heavy atom. The Bertz CT molecular complexity index is 1080. The van der Waals surface area contributed by atoms with Crippen LogP contribution < -0.4 is 0 Å². The van der Waals surface area contributed by atoms with Gasteiger partial charge in [-0.25, -0.2) is 0 Å². The van der Waals surface area contributed by atoms with Crippen molar-refractivity contribution in [1.82, 2.24) is 0 Å². The second-order valence-electron chi connectivity index (χ2n) is 7.34. The van der Waals surface area contributed by atoms with Crippen molar-refractivity contribution in [2.75, 3.05) is 0 Å². The summed E-state index contributed by atoms with van der Waals surface area (Å²) in [6.07, 6.45) is 5.10. The maximum Gasteiger partial charge on any atom is -0.00989 e. The number of hydrogen-bond donors (Lipinski definition) is 0. The molecule has 1 aliphatic rings. The molecule has 25 heavy (non-hydrogen) atoms. The summed E-state index contributed by atoms with van der Waals surface area (Å²) < 4.78 is 0. The summed E-state index contributed by atoms with van der Waals surface area (Å²) in [6, 6.07) is 25.0. The minimum Gasteiger partial charge on any atom is -0.0616 e. The molecule has 0 fully saturated rings. The Morgan fingerprint density at radius 1 is 0.640 bits per heavy atom. The third-order valence-electron chi connectivity index (χ3n) is 5.74. The van der Waals surface area contributed by atoms with E-state index in [1.54, 1.807) is 11.1 Å². The zero-order chi connectivity index (χ0) is 16.8. The van der Waals surface area contributed by atoms with Crippen molar-refractivity contribution in [3.05, 3.63) is 83.4 Å². The van der Waals surface area contributed by atoms with Gasteiger partial charge in [0, 0.05) is 0 Å². The SMILES string of the molecule is Cc1ccc(-c2cc3c4c(ccc3c3ccccc23)CCCC4)cc1. The van der Waals surface area contributed by atoms with Gasteiger partial charge in [0.1, 0.15) is 0 Å². The van der Waals surface area contributed by atoms with Crippen molar-refractivity contribution in [2.24, 2.45) is 0 Å². The van der Waals surface area contributed by atoms with Gasteiger partial charge in [-0.3, -0.25) is 0 Å². The first-order valence-corrected chi connectivity index (χ1v) is 9.34. The van der Waals surface area contributed by atoms with E-state index in [1.165, 1.54) is 63.9 Å². The molecule has 0 aliphatic heterocycles. The van der Waals surface area contributed by atoms with Gasteiger partial charge in [-0.05, 0) is 82.5 Å². The van der Waals surface area contributed by atoms with E-state index in [9.17, 15) is 0 Å². The Balaban J connectivity index is 1.90. The van der Waals surface area contributed by atoms with E-state index in [0.29, 0.717) is 0 Å². The summed E-state index contributed by atoms with van der Waals surface area (Å²) in [5.41, 5.74) is 7.14. The average Bonchev–Trinajstić information content (AvgIpc) is 2.68. The monoisotopic (exact) mass is 322 g/mol. The highest BCUT2D eigenvalue weighted by molar-refractivity contribution is 6.14. The summed E-state index contributed by atoms with van der Waals surface area (Å²) in [6.45, 7) is 2.15. The summed E-state index contributed by atoms with van der Waals surface area (Å²) in [4.78, 5) is 0. The number of fused-ring (bicyclic) bond motifs is 5. The molecule has 0 atom stereocenters. The molecule has 0 spiro atoms. The van der Waals surface area contributed by atoms with Crippen molar-refractivity contribution in [2.45, 2.75) is 32.6 Å². The zero-order valence-electron chi connectivity index (χ0n) is 14.7. The molecule has 4 aromatic rings. The zero-order valence-corrected chi connectivity index (χ0v) is 14.7. The van der Waals surface area contributed by atoms with E-state index in [1.807, 2.05) is 0 Å². The highest BCUT2D eigenvalue weighted by atomic mass is 14.2. The molecule has 0 N–H and O–H groups in total. The standard InChI is InChI=1S/C25H22/c1-17-10-12-19(13-11-17)24-16-25-20-7-3-2-6-18(20)14-15-23(25)21-8-4-5-9-22(21)24/h4-5,8-16H,2-3,6-7H2,1H3. The summed E-state index contributed by atoms with van der Waals surface area (Å²) in [7, 11) is 0. The maximum atomic E-state index is 2.45. The predicted molar refractivity (Wildman–Crippen MR) is 108 cm³/mol. The van der Waals surface area contributed by atoms with Crippen molar-refractivity contribution >= 4 is 21.5 Å². The van der Waals surface area contributed by atoms with Crippen LogP contribution in [0.3, 0.4) is 0 Å². The first-order chi connectivity index (χ1) is 12.3. The molecular formula is C25H22. The lowest BCUT2D eigenvalue weighted by molar-refractivity contribution is 0.690. The molecule has 0 radical (unpaired) electrons. The highest BCUT2D eigenvalue weighted by Crippen LogP contribution is 2.38. The Hall–Kier alpha value is -2.60. The summed E-state index contributed by atoms with van der Waals surface area (Å²) >= 11 is 0. The fourth-order valence-corrected chi connectivity index (χ4v) is 4.40. The van der Waals surface area contributed by atoms with E-state index < -0.39 is 0 Å². The molecule has 122 valence electrons. The van der Waals surface area contributed by atoms with Gasteiger partial charge < -0.3 is 0 Å². The van der Waals surface area contributed by atoms with Crippen molar-refractivity contribution < 1.29 is 0 Å². The lowest BCUT2D eigenvalue weighted by Gasteiger charge is -2.20. The third-order valence-corrected chi connectivity index (χ3v) is 5.74. The molecule has 0 saturated carbocycles. The van der Waals surface area contributed by atoms with E-state index in [-0.39, 0.29) is 0 Å². The number of benzene rings is 4. The van der Waals surface area contributed by atoms with Crippen LogP contribution in [0.1, 0.15) is 29.5 Å². The van der Waals surface area contributed by atoms with Gasteiger partial charge in [0.2, 0.25) is 0 Å². The second-order valence-corrected chi connectivity index (χ2v) is 7.34. The first kappa shape index (κ1) is 14.7. The minimum absolute atomic E-state index is 1.22. The van der Waals surface area contributed by atoms with Gasteiger partial charge >= 0.3 is 0 Å².